The lowest BCUT2D eigenvalue weighted by Gasteiger charge is -2.46. The highest BCUT2D eigenvalue weighted by atomic mass is 16.3. The zero-order valence-electron chi connectivity index (χ0n) is 15.0. The third-order valence-corrected chi connectivity index (χ3v) is 5.63. The minimum absolute atomic E-state index is 0.0291. The van der Waals surface area contributed by atoms with Crippen LogP contribution in [0.3, 0.4) is 0 Å². The highest BCUT2D eigenvalue weighted by Crippen LogP contribution is 2.32. The Kier molecular flexibility index (Phi) is 4.82. The van der Waals surface area contributed by atoms with Crippen LogP contribution < -0.4 is 0 Å². The number of phenols is 1. The molecule has 2 aliphatic rings. The fourth-order valence-electron chi connectivity index (χ4n) is 4.12. The first-order valence-corrected chi connectivity index (χ1v) is 9.26. The van der Waals surface area contributed by atoms with E-state index in [0.717, 1.165) is 51.1 Å². The molecule has 2 aliphatic heterocycles. The van der Waals surface area contributed by atoms with Crippen molar-refractivity contribution in [3.63, 3.8) is 0 Å². The Hall–Kier alpha value is -2.85. The van der Waals surface area contributed by atoms with Crippen LogP contribution in [0.1, 0.15) is 34.5 Å². The molecule has 0 bridgehead atoms. The van der Waals surface area contributed by atoms with Gasteiger partial charge < -0.3 is 14.4 Å². The molecule has 2 fully saturated rings. The van der Waals surface area contributed by atoms with E-state index in [1.54, 1.807) is 12.1 Å². The molecule has 1 aromatic heterocycles. The molecule has 2 saturated heterocycles. The summed E-state index contributed by atoms with van der Waals surface area (Å²) < 4.78 is 5.14. The van der Waals surface area contributed by atoms with Crippen molar-refractivity contribution in [1.29, 1.82) is 5.26 Å². The normalized spacial score (nSPS) is 20.9. The van der Waals surface area contributed by atoms with Gasteiger partial charge in [0.1, 0.15) is 11.8 Å². The van der Waals surface area contributed by atoms with Crippen molar-refractivity contribution in [3.8, 4) is 11.8 Å². The maximum atomic E-state index is 12.5. The molecule has 1 aromatic carbocycles. The molecule has 1 atom stereocenters. The van der Waals surface area contributed by atoms with E-state index in [-0.39, 0.29) is 11.7 Å². The lowest BCUT2D eigenvalue weighted by Crippen LogP contribution is -2.53. The van der Waals surface area contributed by atoms with E-state index in [9.17, 15) is 9.90 Å². The van der Waals surface area contributed by atoms with E-state index < -0.39 is 0 Å². The van der Waals surface area contributed by atoms with Gasteiger partial charge in [0.05, 0.1) is 11.8 Å². The molecule has 27 heavy (non-hydrogen) atoms. The number of piperidine rings is 1. The molecule has 7 nitrogen and oxygen atoms in total. The number of aromatic hydroxyl groups is 1. The van der Waals surface area contributed by atoms with Gasteiger partial charge in [-0.2, -0.15) is 5.26 Å². The molecule has 0 radical (unpaired) electrons. The van der Waals surface area contributed by atoms with Crippen LogP contribution in [0, 0.1) is 23.2 Å². The number of phenolic OH excluding ortho intramolecular Hbond substituents is 1. The van der Waals surface area contributed by atoms with Crippen molar-refractivity contribution < 1.29 is 14.3 Å². The largest absolute Gasteiger partial charge is 0.507 e. The van der Waals surface area contributed by atoms with Crippen LogP contribution in [0.4, 0.5) is 0 Å². The summed E-state index contributed by atoms with van der Waals surface area (Å²) in [6.45, 7) is 4.32. The number of likely N-dealkylation sites (tertiary alicyclic amines) is 2. The van der Waals surface area contributed by atoms with Crippen molar-refractivity contribution >= 4 is 5.91 Å². The summed E-state index contributed by atoms with van der Waals surface area (Å²) in [6.07, 6.45) is 4.94. The summed E-state index contributed by atoms with van der Waals surface area (Å²) in [4.78, 5) is 20.5. The van der Waals surface area contributed by atoms with Crippen LogP contribution in [0.15, 0.2) is 35.2 Å². The topological polar surface area (TPSA) is 93.6 Å². The van der Waals surface area contributed by atoms with Gasteiger partial charge in [-0.15, -0.1) is 0 Å². The number of hydrogen-bond donors (Lipinski definition) is 1. The quantitative estimate of drug-likeness (QED) is 0.892. The Bertz CT molecular complexity index is 853. The van der Waals surface area contributed by atoms with Crippen molar-refractivity contribution in [2.45, 2.75) is 19.4 Å². The van der Waals surface area contributed by atoms with Crippen molar-refractivity contribution in [2.24, 2.45) is 11.8 Å². The highest BCUT2D eigenvalue weighted by Gasteiger charge is 2.37. The summed E-state index contributed by atoms with van der Waals surface area (Å²) in [5.41, 5.74) is 1.35. The van der Waals surface area contributed by atoms with Gasteiger partial charge in [0.25, 0.3) is 5.91 Å². The zero-order valence-corrected chi connectivity index (χ0v) is 15.0. The van der Waals surface area contributed by atoms with Crippen LogP contribution in [0.5, 0.6) is 5.75 Å². The van der Waals surface area contributed by atoms with Crippen LogP contribution in [-0.4, -0.2) is 52.0 Å². The molecule has 2 aromatic rings. The van der Waals surface area contributed by atoms with Gasteiger partial charge >= 0.3 is 0 Å². The average Bonchev–Trinajstić information content (AvgIpc) is 3.19. The Morgan fingerprint density at radius 3 is 2.93 bits per heavy atom. The molecule has 140 valence electrons. The number of benzene rings is 1. The number of hydrogen-bond acceptors (Lipinski definition) is 6. The zero-order chi connectivity index (χ0) is 18.8. The summed E-state index contributed by atoms with van der Waals surface area (Å²) in [5.74, 6) is 1.37. The van der Waals surface area contributed by atoms with Crippen LogP contribution in [0.2, 0.25) is 0 Å². The van der Waals surface area contributed by atoms with E-state index in [0.29, 0.717) is 23.2 Å². The van der Waals surface area contributed by atoms with E-state index in [1.165, 1.54) is 12.6 Å². The summed E-state index contributed by atoms with van der Waals surface area (Å²) in [7, 11) is 0. The molecule has 1 unspecified atom stereocenters. The molecule has 1 N–H and O–H groups in total. The van der Waals surface area contributed by atoms with Gasteiger partial charge in [-0.05, 0) is 42.4 Å². The Labute approximate surface area is 157 Å². The predicted octanol–water partition coefficient (Wildman–Crippen LogP) is 2.24. The first-order valence-electron chi connectivity index (χ1n) is 9.26. The molecule has 7 heteroatoms. The molecule has 0 saturated carbocycles. The molecule has 4 rings (SSSR count). The molecule has 3 heterocycles. The maximum absolute atomic E-state index is 12.5. The van der Waals surface area contributed by atoms with Crippen LogP contribution >= 0.6 is 0 Å². The number of rotatable bonds is 4. The van der Waals surface area contributed by atoms with Crippen molar-refractivity contribution in [1.82, 2.24) is 14.8 Å². The minimum Gasteiger partial charge on any atom is -0.507 e. The van der Waals surface area contributed by atoms with Crippen LogP contribution in [0.25, 0.3) is 0 Å². The number of nitriles is 1. The van der Waals surface area contributed by atoms with Crippen LogP contribution in [-0.2, 0) is 6.54 Å². The van der Waals surface area contributed by atoms with Gasteiger partial charge in [0.15, 0.2) is 6.39 Å². The fourth-order valence-corrected chi connectivity index (χ4v) is 4.12. The monoisotopic (exact) mass is 366 g/mol. The molecule has 0 aliphatic carbocycles. The van der Waals surface area contributed by atoms with Crippen molar-refractivity contribution in [3.05, 3.63) is 47.7 Å². The third-order valence-electron chi connectivity index (χ3n) is 5.63. The Balaban J connectivity index is 1.30. The van der Waals surface area contributed by atoms with Gasteiger partial charge in [-0.1, -0.05) is 6.07 Å². The summed E-state index contributed by atoms with van der Waals surface area (Å²) >= 11 is 0. The third kappa shape index (κ3) is 3.67. The molecule has 0 spiro atoms. The number of aromatic nitrogens is 1. The lowest BCUT2D eigenvalue weighted by molar-refractivity contribution is 0.0160. The minimum atomic E-state index is -0.0681. The van der Waals surface area contributed by atoms with Gasteiger partial charge in [0.2, 0.25) is 5.76 Å². The molecule has 1 amide bonds. The van der Waals surface area contributed by atoms with E-state index in [2.05, 4.69) is 9.88 Å². The molecular formula is C20H22N4O3. The number of oxazole rings is 1. The number of carbonyl (C=O) groups is 1. The first-order chi connectivity index (χ1) is 13.1. The maximum Gasteiger partial charge on any atom is 0.291 e. The Morgan fingerprint density at radius 2 is 2.19 bits per heavy atom. The average molecular weight is 366 g/mol. The highest BCUT2D eigenvalue weighted by molar-refractivity contribution is 5.91. The van der Waals surface area contributed by atoms with E-state index >= 15 is 0 Å². The van der Waals surface area contributed by atoms with Gasteiger partial charge in [-0.25, -0.2) is 4.98 Å². The van der Waals surface area contributed by atoms with Gasteiger partial charge in [-0.3, -0.25) is 9.69 Å². The van der Waals surface area contributed by atoms with Crippen molar-refractivity contribution in [2.75, 3.05) is 26.2 Å². The summed E-state index contributed by atoms with van der Waals surface area (Å²) in [6, 6.07) is 7.21. The Morgan fingerprint density at radius 1 is 1.33 bits per heavy atom. The fraction of sp³-hybridized carbons (Fsp3) is 0.450. The second-order valence-corrected chi connectivity index (χ2v) is 7.44. The van der Waals surface area contributed by atoms with E-state index in [4.69, 9.17) is 9.68 Å². The summed E-state index contributed by atoms with van der Waals surface area (Å²) in [5, 5.41) is 18.6. The molecular weight excluding hydrogens is 344 g/mol. The second-order valence-electron chi connectivity index (χ2n) is 7.44. The standard InChI is InChI=1S/C20H22N4O3/c21-7-16-6-14(3-4-18(16)25)9-23-10-17(11-23)15-2-1-5-24(12-15)20(26)19-8-22-13-27-19/h3-4,6,8,13,15,17,25H,1-2,5,9-12H2. The van der Waals surface area contributed by atoms with Gasteiger partial charge in [0, 0.05) is 32.7 Å². The first kappa shape index (κ1) is 17.6. The second kappa shape index (κ2) is 7.41. The smallest absolute Gasteiger partial charge is 0.291 e. The number of nitrogens with zero attached hydrogens (tertiary/aromatic N) is 4. The number of amides is 1. The number of carbonyl (C=O) groups excluding carboxylic acids is 1. The predicted molar refractivity (Wildman–Crippen MR) is 96.7 cm³/mol. The lowest BCUT2D eigenvalue weighted by atomic mass is 9.80. The van der Waals surface area contributed by atoms with E-state index in [1.807, 2.05) is 17.0 Å². The SMILES string of the molecule is N#Cc1cc(CN2CC(C3CCCN(C(=O)c4cnco4)C3)C2)ccc1O.